The van der Waals surface area contributed by atoms with Crippen molar-refractivity contribution < 1.29 is 9.50 Å². The molecule has 0 saturated heterocycles. The summed E-state index contributed by atoms with van der Waals surface area (Å²) in [4.78, 5) is 1.91. The van der Waals surface area contributed by atoms with Gasteiger partial charge in [-0.15, -0.1) is 0 Å². The van der Waals surface area contributed by atoms with E-state index in [4.69, 9.17) is 0 Å². The summed E-state index contributed by atoms with van der Waals surface area (Å²) in [5.74, 6) is -0.267. The largest absolute Gasteiger partial charge is 0.389 e. The lowest BCUT2D eigenvalue weighted by molar-refractivity contribution is 0.199. The fourth-order valence-corrected chi connectivity index (χ4v) is 1.61. The zero-order valence-corrected chi connectivity index (χ0v) is 10.2. The van der Waals surface area contributed by atoms with E-state index >= 15 is 0 Å². The lowest BCUT2D eigenvalue weighted by Gasteiger charge is -2.20. The Balaban J connectivity index is 2.81. The number of hydrogen-bond donors (Lipinski definition) is 1. The van der Waals surface area contributed by atoms with E-state index in [1.165, 1.54) is 6.07 Å². The Labute approximate surface area is 96.7 Å². The fraction of sp³-hybridized carbons (Fsp3) is 0.538. The molecule has 1 aromatic carbocycles. The maximum Gasteiger partial charge on any atom is 0.146 e. The highest BCUT2D eigenvalue weighted by Gasteiger charge is 2.09. The van der Waals surface area contributed by atoms with E-state index in [0.717, 1.165) is 19.4 Å². The lowest BCUT2D eigenvalue weighted by atomic mass is 10.1. The number of rotatable bonds is 5. The van der Waals surface area contributed by atoms with Crippen molar-refractivity contribution in [3.8, 4) is 0 Å². The van der Waals surface area contributed by atoms with Crippen molar-refractivity contribution in [1.29, 1.82) is 0 Å². The maximum atomic E-state index is 13.7. The summed E-state index contributed by atoms with van der Waals surface area (Å²) in [6.07, 6.45) is 1.52. The van der Waals surface area contributed by atoms with Gasteiger partial charge in [0.05, 0.1) is 11.8 Å². The molecule has 0 unspecified atom stereocenters. The van der Waals surface area contributed by atoms with Crippen LogP contribution in [-0.2, 0) is 0 Å². The van der Waals surface area contributed by atoms with E-state index < -0.39 is 6.10 Å². The highest BCUT2D eigenvalue weighted by atomic mass is 19.1. The normalized spacial score (nSPS) is 12.6. The summed E-state index contributed by atoms with van der Waals surface area (Å²) in [5, 5.41) is 9.34. The van der Waals surface area contributed by atoms with Gasteiger partial charge in [-0.2, -0.15) is 0 Å². The van der Waals surface area contributed by atoms with Crippen LogP contribution in [0.2, 0.25) is 0 Å². The van der Waals surface area contributed by atoms with E-state index in [1.807, 2.05) is 11.9 Å². The van der Waals surface area contributed by atoms with Crippen LogP contribution in [0.1, 0.15) is 38.4 Å². The third-order valence-electron chi connectivity index (χ3n) is 2.71. The summed E-state index contributed by atoms with van der Waals surface area (Å²) in [5.41, 5.74) is 1.21. The molecule has 0 aliphatic rings. The van der Waals surface area contributed by atoms with Gasteiger partial charge in [0, 0.05) is 13.6 Å². The minimum absolute atomic E-state index is 0.267. The molecule has 0 bridgehead atoms. The minimum Gasteiger partial charge on any atom is -0.389 e. The van der Waals surface area contributed by atoms with Crippen molar-refractivity contribution >= 4 is 5.69 Å². The van der Waals surface area contributed by atoms with Crippen LogP contribution >= 0.6 is 0 Å². The standard InChI is InChI=1S/C13H20FNO/c1-4-5-8-15(3)13-7-6-11(10(2)16)9-12(13)14/h6-7,9-10,16H,4-5,8H2,1-3H3/t10-/m0/s1. The van der Waals surface area contributed by atoms with E-state index in [2.05, 4.69) is 6.92 Å². The van der Waals surface area contributed by atoms with Gasteiger partial charge in [0.15, 0.2) is 0 Å². The SMILES string of the molecule is CCCCN(C)c1ccc([C@H](C)O)cc1F. The lowest BCUT2D eigenvalue weighted by Crippen LogP contribution is -2.19. The van der Waals surface area contributed by atoms with E-state index in [1.54, 1.807) is 19.1 Å². The van der Waals surface area contributed by atoms with Gasteiger partial charge in [-0.1, -0.05) is 19.4 Å². The summed E-state index contributed by atoms with van der Waals surface area (Å²) in [6, 6.07) is 4.90. The van der Waals surface area contributed by atoms with Gasteiger partial charge in [0.25, 0.3) is 0 Å². The zero-order chi connectivity index (χ0) is 12.1. The minimum atomic E-state index is -0.621. The predicted octanol–water partition coefficient (Wildman–Crippen LogP) is 3.12. The summed E-state index contributed by atoms with van der Waals surface area (Å²) < 4.78 is 13.7. The molecule has 0 fully saturated rings. The summed E-state index contributed by atoms with van der Waals surface area (Å²) in [7, 11) is 1.89. The van der Waals surface area contributed by atoms with E-state index in [0.29, 0.717) is 11.3 Å². The van der Waals surface area contributed by atoms with Gasteiger partial charge in [0.1, 0.15) is 5.82 Å². The first-order valence-corrected chi connectivity index (χ1v) is 5.75. The molecule has 0 aromatic heterocycles. The zero-order valence-electron chi connectivity index (χ0n) is 10.2. The van der Waals surface area contributed by atoms with Crippen molar-refractivity contribution in [2.45, 2.75) is 32.8 Å². The number of anilines is 1. The molecular weight excluding hydrogens is 205 g/mol. The quantitative estimate of drug-likeness (QED) is 0.832. The van der Waals surface area contributed by atoms with E-state index in [9.17, 15) is 9.50 Å². The molecule has 2 nitrogen and oxygen atoms in total. The second-order valence-corrected chi connectivity index (χ2v) is 4.16. The number of halogens is 1. The van der Waals surface area contributed by atoms with Crippen LogP contribution in [0.15, 0.2) is 18.2 Å². The van der Waals surface area contributed by atoms with E-state index in [-0.39, 0.29) is 5.82 Å². The van der Waals surface area contributed by atoms with Crippen LogP contribution in [-0.4, -0.2) is 18.7 Å². The first-order chi connectivity index (χ1) is 7.56. The number of nitrogens with zero attached hydrogens (tertiary/aromatic N) is 1. The Morgan fingerprint density at radius 2 is 2.12 bits per heavy atom. The molecule has 1 aromatic rings. The smallest absolute Gasteiger partial charge is 0.146 e. The molecule has 1 atom stereocenters. The van der Waals surface area contributed by atoms with Crippen molar-refractivity contribution in [3.05, 3.63) is 29.6 Å². The molecule has 0 saturated carbocycles. The number of aliphatic hydroxyl groups excluding tert-OH is 1. The third kappa shape index (κ3) is 3.20. The van der Waals surface area contributed by atoms with Gasteiger partial charge in [0.2, 0.25) is 0 Å². The molecule has 0 radical (unpaired) electrons. The fourth-order valence-electron chi connectivity index (χ4n) is 1.61. The monoisotopic (exact) mass is 225 g/mol. The van der Waals surface area contributed by atoms with Crippen LogP contribution in [0.5, 0.6) is 0 Å². The first-order valence-electron chi connectivity index (χ1n) is 5.75. The maximum absolute atomic E-state index is 13.7. The van der Waals surface area contributed by atoms with Crippen LogP contribution in [0, 0.1) is 5.82 Å². The highest BCUT2D eigenvalue weighted by molar-refractivity contribution is 5.48. The Morgan fingerprint density at radius 3 is 2.62 bits per heavy atom. The molecule has 3 heteroatoms. The average molecular weight is 225 g/mol. The highest BCUT2D eigenvalue weighted by Crippen LogP contribution is 2.22. The third-order valence-corrected chi connectivity index (χ3v) is 2.71. The van der Waals surface area contributed by atoms with Crippen molar-refractivity contribution in [1.82, 2.24) is 0 Å². The molecule has 0 amide bonds. The number of unbranched alkanes of at least 4 members (excludes halogenated alkanes) is 1. The van der Waals surface area contributed by atoms with Gasteiger partial charge >= 0.3 is 0 Å². The Bertz CT molecular complexity index is 339. The van der Waals surface area contributed by atoms with Crippen molar-refractivity contribution in [3.63, 3.8) is 0 Å². The Morgan fingerprint density at radius 1 is 1.44 bits per heavy atom. The molecule has 1 rings (SSSR count). The molecular formula is C13H20FNO. The summed E-state index contributed by atoms with van der Waals surface area (Å²) in [6.45, 7) is 4.59. The first kappa shape index (κ1) is 13.0. The predicted molar refractivity (Wildman–Crippen MR) is 65.2 cm³/mol. The Hall–Kier alpha value is -1.09. The van der Waals surface area contributed by atoms with Gasteiger partial charge in [-0.25, -0.2) is 4.39 Å². The van der Waals surface area contributed by atoms with Gasteiger partial charge in [-0.3, -0.25) is 0 Å². The molecule has 1 N–H and O–H groups in total. The second-order valence-electron chi connectivity index (χ2n) is 4.16. The topological polar surface area (TPSA) is 23.5 Å². The van der Waals surface area contributed by atoms with Crippen LogP contribution in [0.3, 0.4) is 0 Å². The van der Waals surface area contributed by atoms with Crippen LogP contribution < -0.4 is 4.90 Å². The van der Waals surface area contributed by atoms with Crippen molar-refractivity contribution in [2.75, 3.05) is 18.5 Å². The molecule has 16 heavy (non-hydrogen) atoms. The van der Waals surface area contributed by atoms with Crippen molar-refractivity contribution in [2.24, 2.45) is 0 Å². The Kier molecular flexibility index (Phi) is 4.74. The number of aliphatic hydroxyl groups is 1. The van der Waals surface area contributed by atoms with Gasteiger partial charge in [-0.05, 0) is 31.0 Å². The number of hydrogen-bond acceptors (Lipinski definition) is 2. The number of benzene rings is 1. The molecule has 90 valence electrons. The van der Waals surface area contributed by atoms with Crippen LogP contribution in [0.25, 0.3) is 0 Å². The molecule has 0 heterocycles. The second kappa shape index (κ2) is 5.85. The van der Waals surface area contributed by atoms with Gasteiger partial charge < -0.3 is 10.0 Å². The average Bonchev–Trinajstić information content (AvgIpc) is 2.25. The summed E-state index contributed by atoms with van der Waals surface area (Å²) >= 11 is 0. The van der Waals surface area contributed by atoms with Crippen LogP contribution in [0.4, 0.5) is 10.1 Å². The molecule has 0 aliphatic heterocycles. The molecule has 0 aliphatic carbocycles. The molecule has 0 spiro atoms.